The molecular formula is C112H106ClFN10O12. The van der Waals surface area contributed by atoms with Gasteiger partial charge in [0.15, 0.2) is 0 Å². The standard InChI is InChI=1S/C27H27N3O4.C23H21NO2.C22H19ClN2O2.C22H19FN2O2.C18H20N2O2/c31-25(28-19-21-6-2-1-3-7-21)18-20-10-12-22(13-11-20)29-26(32)23-8-4-5-9-24(23)27(33)30-14-16-34-17-15-30;25-22(16-13-18-7-3-1-4-8-18)17-19-11-14-21(15-12-19)24-23(26)20-9-5-2-6-10-20;2*23-19-8-4-7-18(14-19)22(27)25-20-11-9-16(10-12-20)13-21(26)24-15-17-5-2-1-3-6-17;1-2-17(21)20-16-10-8-14(9-11-16)12-18(22)19-13-15-6-4-3-5-7-15/h1-13H,14-19H2,(H,28,31)(H,29,32);1-12,14-15H,13,16-17H2,(H,24,26);2*1-12,14H,13,15H2,(H,24,26)(H,25,27);3-11H,2,12-13H2,1H3,(H,19,22)(H,20,21). The van der Waals surface area contributed by atoms with E-state index in [4.69, 9.17) is 16.3 Å². The smallest absolute Gasteiger partial charge is 0.256 e. The van der Waals surface area contributed by atoms with Crippen LogP contribution in [0, 0.1) is 5.82 Å². The number of nitrogens with zero attached hydrogens (tertiary/aromatic N) is 1. The summed E-state index contributed by atoms with van der Waals surface area (Å²) in [5.41, 5.74) is 15.2. The summed E-state index contributed by atoms with van der Waals surface area (Å²) in [5, 5.41) is 26.1. The molecular weight excluding hydrogens is 1730 g/mol. The Morgan fingerprint density at radius 3 is 0.956 bits per heavy atom. The van der Waals surface area contributed by atoms with Gasteiger partial charge in [-0.05, 0) is 183 Å². The van der Waals surface area contributed by atoms with Gasteiger partial charge in [0.25, 0.3) is 29.5 Å². The molecule has 22 nitrogen and oxygen atoms in total. The normalized spacial score (nSPS) is 11.0. The highest BCUT2D eigenvalue weighted by molar-refractivity contribution is 6.31. The van der Waals surface area contributed by atoms with Crippen molar-refractivity contribution >= 4 is 105 Å². The van der Waals surface area contributed by atoms with Gasteiger partial charge in [0.05, 0.1) is 50.0 Å². The first-order valence-corrected chi connectivity index (χ1v) is 44.9. The maximum Gasteiger partial charge on any atom is 0.256 e. The van der Waals surface area contributed by atoms with Crippen LogP contribution in [0.4, 0.5) is 32.8 Å². The maximum absolute atomic E-state index is 13.2. The van der Waals surface area contributed by atoms with Gasteiger partial charge in [-0.1, -0.05) is 273 Å². The number of hydrogen-bond acceptors (Lipinski definition) is 12. The first-order chi connectivity index (χ1) is 66.2. The van der Waals surface area contributed by atoms with Crippen molar-refractivity contribution in [3.63, 3.8) is 0 Å². The molecule has 690 valence electrons. The van der Waals surface area contributed by atoms with Crippen LogP contribution in [-0.4, -0.2) is 96.1 Å². The predicted octanol–water partition coefficient (Wildman–Crippen LogP) is 19.2. The largest absolute Gasteiger partial charge is 0.378 e. The molecule has 0 spiro atoms. The van der Waals surface area contributed by atoms with Crippen LogP contribution >= 0.6 is 11.6 Å². The third kappa shape index (κ3) is 35.7. The lowest BCUT2D eigenvalue weighted by Crippen LogP contribution is -2.41. The van der Waals surface area contributed by atoms with Gasteiger partial charge in [-0.3, -0.25) is 52.7 Å². The Bertz CT molecular complexity index is 6070. The number of amides is 10. The zero-order valence-corrected chi connectivity index (χ0v) is 76.0. The van der Waals surface area contributed by atoms with E-state index >= 15 is 0 Å². The second-order valence-electron chi connectivity index (χ2n) is 31.5. The number of benzene rings is 14. The molecule has 14 aromatic rings. The second kappa shape index (κ2) is 54.4. The Balaban J connectivity index is 0.000000164. The van der Waals surface area contributed by atoms with E-state index in [-0.39, 0.29) is 89.7 Å². The Morgan fingerprint density at radius 1 is 0.294 bits per heavy atom. The van der Waals surface area contributed by atoms with Gasteiger partial charge in [-0.15, -0.1) is 0 Å². The average molecular weight is 1840 g/mol. The SMILES string of the molecule is CCC(=O)Nc1ccc(CC(=O)NCc2ccccc2)cc1.O=C(CCc1ccccc1)Cc1ccc(NC(=O)c2ccccc2)cc1.O=C(Cc1ccc(NC(=O)c2cccc(Cl)c2)cc1)NCc1ccccc1.O=C(Cc1ccc(NC(=O)c2cccc(F)c2)cc1)NCc1ccccc1.O=C(Cc1ccc(NC(=O)c2ccccc2C(=O)N2CCOCC2)cc1)NCc1ccccc1. The highest BCUT2D eigenvalue weighted by Crippen LogP contribution is 2.22. The van der Waals surface area contributed by atoms with Crippen LogP contribution < -0.4 is 47.9 Å². The van der Waals surface area contributed by atoms with E-state index in [0.29, 0.717) is 123 Å². The number of rotatable bonds is 32. The molecule has 1 saturated heterocycles. The number of carbonyl (C=O) groups excluding carboxylic acids is 11. The molecule has 1 aliphatic heterocycles. The third-order valence-electron chi connectivity index (χ3n) is 21.0. The van der Waals surface area contributed by atoms with E-state index in [1.165, 1.54) is 23.8 Å². The summed E-state index contributed by atoms with van der Waals surface area (Å²) in [4.78, 5) is 136. The molecule has 0 atom stereocenters. The lowest BCUT2D eigenvalue weighted by molar-refractivity contribution is -0.121. The number of hydrogen-bond donors (Lipinski definition) is 9. The number of nitrogens with one attached hydrogen (secondary N) is 9. The van der Waals surface area contributed by atoms with E-state index in [0.717, 1.165) is 67.9 Å². The van der Waals surface area contributed by atoms with Crippen LogP contribution in [0.15, 0.2) is 376 Å². The van der Waals surface area contributed by atoms with Gasteiger partial charge < -0.3 is 57.5 Å². The van der Waals surface area contributed by atoms with Crippen LogP contribution in [0.1, 0.15) is 127 Å². The van der Waals surface area contributed by atoms with Crippen molar-refractivity contribution in [2.75, 3.05) is 52.9 Å². The zero-order valence-electron chi connectivity index (χ0n) is 75.2. The van der Waals surface area contributed by atoms with Gasteiger partial charge in [0.1, 0.15) is 11.6 Å². The Kier molecular flexibility index (Phi) is 40.1. The molecule has 0 bridgehead atoms. The van der Waals surface area contributed by atoms with E-state index in [2.05, 4.69) is 47.9 Å². The first-order valence-electron chi connectivity index (χ1n) is 44.5. The number of carbonyl (C=O) groups is 11. The average Bonchev–Trinajstić information content (AvgIpc) is 0.811. The number of ether oxygens (including phenoxy) is 1. The molecule has 24 heteroatoms. The molecule has 15 rings (SSSR count). The lowest BCUT2D eigenvalue weighted by atomic mass is 10.0. The van der Waals surface area contributed by atoms with Crippen LogP contribution in [0.25, 0.3) is 0 Å². The molecule has 0 aromatic heterocycles. The minimum atomic E-state index is -0.459. The first kappa shape index (κ1) is 100. The quantitative estimate of drug-likeness (QED) is 0.0190. The number of aryl methyl sites for hydroxylation is 1. The molecule has 14 aromatic carbocycles. The zero-order chi connectivity index (χ0) is 95.9. The molecule has 1 fully saturated rings. The van der Waals surface area contributed by atoms with Crippen molar-refractivity contribution in [3.8, 4) is 0 Å². The minimum absolute atomic E-state index is 0.0193. The van der Waals surface area contributed by atoms with Gasteiger partial charge in [-0.25, -0.2) is 4.39 Å². The summed E-state index contributed by atoms with van der Waals surface area (Å²) < 4.78 is 18.5. The molecule has 1 heterocycles. The molecule has 0 radical (unpaired) electrons. The third-order valence-corrected chi connectivity index (χ3v) is 21.3. The number of ketones is 1. The molecule has 0 aliphatic carbocycles. The van der Waals surface area contributed by atoms with Crippen molar-refractivity contribution < 1.29 is 61.9 Å². The number of morpholine rings is 1. The summed E-state index contributed by atoms with van der Waals surface area (Å²) in [6, 6.07) is 113. The summed E-state index contributed by atoms with van der Waals surface area (Å²) in [6.45, 7) is 5.83. The monoisotopic (exact) mass is 1840 g/mol. The lowest BCUT2D eigenvalue weighted by Gasteiger charge is -2.27. The summed E-state index contributed by atoms with van der Waals surface area (Å²) in [5.74, 6) is -1.76. The van der Waals surface area contributed by atoms with Gasteiger partial charge in [-0.2, -0.15) is 0 Å². The van der Waals surface area contributed by atoms with Crippen molar-refractivity contribution in [2.24, 2.45) is 0 Å². The fraction of sp³-hybridized carbons (Fsp3) is 0.152. The van der Waals surface area contributed by atoms with Crippen molar-refractivity contribution in [2.45, 2.75) is 84.5 Å². The van der Waals surface area contributed by atoms with Crippen molar-refractivity contribution in [3.05, 3.63) is 470 Å². The van der Waals surface area contributed by atoms with Crippen LogP contribution in [0.2, 0.25) is 5.02 Å². The summed E-state index contributed by atoms with van der Waals surface area (Å²) in [7, 11) is 0. The molecule has 9 N–H and O–H groups in total. The topological polar surface area (TPSA) is 309 Å². The molecule has 1 aliphatic rings. The highest BCUT2D eigenvalue weighted by atomic mass is 35.5. The van der Waals surface area contributed by atoms with E-state index in [9.17, 15) is 57.1 Å². The number of halogens is 2. The molecule has 0 saturated carbocycles. The van der Waals surface area contributed by atoms with E-state index in [1.54, 1.807) is 127 Å². The Hall–Kier alpha value is -16.4. The van der Waals surface area contributed by atoms with E-state index < -0.39 is 5.82 Å². The fourth-order valence-corrected chi connectivity index (χ4v) is 13.9. The summed E-state index contributed by atoms with van der Waals surface area (Å²) in [6.07, 6.45) is 3.29. The second-order valence-corrected chi connectivity index (χ2v) is 31.9. The fourth-order valence-electron chi connectivity index (χ4n) is 13.7. The van der Waals surface area contributed by atoms with Crippen LogP contribution in [0.5, 0.6) is 0 Å². The van der Waals surface area contributed by atoms with Gasteiger partial charge >= 0.3 is 0 Å². The van der Waals surface area contributed by atoms with Gasteiger partial charge in [0, 0.05) is 109 Å². The van der Waals surface area contributed by atoms with Crippen molar-refractivity contribution in [1.29, 1.82) is 0 Å². The van der Waals surface area contributed by atoms with Crippen LogP contribution in [0.3, 0.4) is 0 Å². The predicted molar refractivity (Wildman–Crippen MR) is 532 cm³/mol. The Morgan fingerprint density at radius 2 is 0.596 bits per heavy atom. The number of Topliss-reactive ketones (excluding diaryl/α,β-unsaturated/α-hetero) is 1. The molecule has 10 amide bonds. The molecule has 136 heavy (non-hydrogen) atoms. The number of anilines is 5. The summed E-state index contributed by atoms with van der Waals surface area (Å²) >= 11 is 5.91. The minimum Gasteiger partial charge on any atom is -0.378 e. The van der Waals surface area contributed by atoms with Crippen molar-refractivity contribution in [1.82, 2.24) is 26.2 Å². The Labute approximate surface area is 795 Å². The highest BCUT2D eigenvalue weighted by Gasteiger charge is 2.24. The van der Waals surface area contributed by atoms with Gasteiger partial charge in [0.2, 0.25) is 29.5 Å². The molecule has 0 unspecified atom stereocenters. The maximum atomic E-state index is 13.2. The van der Waals surface area contributed by atoms with Crippen LogP contribution in [-0.2, 0) is 98.2 Å². The van der Waals surface area contributed by atoms with E-state index in [1.807, 2.05) is 243 Å².